The number of aliphatic hydroxyl groups is 2. The molecule has 0 saturated heterocycles. The molecule has 0 spiro atoms. The van der Waals surface area contributed by atoms with Crippen molar-refractivity contribution < 1.29 is 24.9 Å². The van der Waals surface area contributed by atoms with E-state index in [1.165, 1.54) is 37.0 Å². The van der Waals surface area contributed by atoms with Gasteiger partial charge in [-0.3, -0.25) is 14.5 Å². The SMILES string of the molecule is CCCCCCCCCCC(=O)NCCN(CC(=O)O)C(O)CO. The number of carbonyl (C=O) groups is 2. The molecule has 1 atom stereocenters. The van der Waals surface area contributed by atoms with E-state index in [1.807, 2.05) is 0 Å². The van der Waals surface area contributed by atoms with Gasteiger partial charge in [-0.1, -0.05) is 51.9 Å². The lowest BCUT2D eigenvalue weighted by molar-refractivity contribution is -0.142. The lowest BCUT2D eigenvalue weighted by Crippen LogP contribution is -2.45. The number of nitrogens with zero attached hydrogens (tertiary/aromatic N) is 1. The highest BCUT2D eigenvalue weighted by Gasteiger charge is 2.17. The first-order chi connectivity index (χ1) is 11.5. The maximum Gasteiger partial charge on any atom is 0.317 e. The van der Waals surface area contributed by atoms with Gasteiger partial charge in [0.1, 0.15) is 6.23 Å². The third-order valence-corrected chi connectivity index (χ3v) is 3.90. The third-order valence-electron chi connectivity index (χ3n) is 3.90. The number of carboxylic acids is 1. The molecule has 7 nitrogen and oxygen atoms in total. The number of rotatable bonds is 16. The number of nitrogens with one attached hydrogen (secondary N) is 1. The largest absolute Gasteiger partial charge is 0.480 e. The zero-order chi connectivity index (χ0) is 18.2. The van der Waals surface area contributed by atoms with E-state index < -0.39 is 18.8 Å². The number of aliphatic carboxylic acids is 1. The predicted molar refractivity (Wildman–Crippen MR) is 92.5 cm³/mol. The van der Waals surface area contributed by atoms with Crippen LogP contribution < -0.4 is 5.32 Å². The molecule has 142 valence electrons. The Balaban J connectivity index is 3.67. The highest BCUT2D eigenvalue weighted by atomic mass is 16.4. The molecule has 0 fully saturated rings. The quantitative estimate of drug-likeness (QED) is 0.248. The van der Waals surface area contributed by atoms with Gasteiger partial charge in [-0.2, -0.15) is 0 Å². The molecule has 0 saturated carbocycles. The van der Waals surface area contributed by atoms with Crippen LogP contribution >= 0.6 is 0 Å². The molecule has 0 aromatic rings. The fourth-order valence-corrected chi connectivity index (χ4v) is 2.47. The molecule has 0 rings (SSSR count). The Morgan fingerprint density at radius 3 is 2.17 bits per heavy atom. The first-order valence-electron chi connectivity index (χ1n) is 9.02. The zero-order valence-corrected chi connectivity index (χ0v) is 14.9. The predicted octanol–water partition coefficient (Wildman–Crippen LogP) is 1.33. The monoisotopic (exact) mass is 346 g/mol. The molecule has 0 heterocycles. The highest BCUT2D eigenvalue weighted by molar-refractivity contribution is 5.75. The van der Waals surface area contributed by atoms with Gasteiger partial charge in [0.05, 0.1) is 13.2 Å². The summed E-state index contributed by atoms with van der Waals surface area (Å²) in [4.78, 5) is 23.6. The maximum atomic E-state index is 11.7. The molecular formula is C17H34N2O5. The van der Waals surface area contributed by atoms with Crippen LogP contribution in [0.4, 0.5) is 0 Å². The second-order valence-electron chi connectivity index (χ2n) is 6.10. The zero-order valence-electron chi connectivity index (χ0n) is 14.9. The summed E-state index contributed by atoms with van der Waals surface area (Å²) in [5.41, 5.74) is 0. The smallest absolute Gasteiger partial charge is 0.317 e. The number of unbranched alkanes of at least 4 members (excludes halogenated alkanes) is 7. The first-order valence-corrected chi connectivity index (χ1v) is 9.02. The Kier molecular flexibility index (Phi) is 14.6. The van der Waals surface area contributed by atoms with Crippen molar-refractivity contribution in [3.63, 3.8) is 0 Å². The van der Waals surface area contributed by atoms with Gasteiger partial charge >= 0.3 is 5.97 Å². The van der Waals surface area contributed by atoms with E-state index in [0.717, 1.165) is 19.3 Å². The molecule has 7 heteroatoms. The van der Waals surface area contributed by atoms with Crippen molar-refractivity contribution >= 4 is 11.9 Å². The van der Waals surface area contributed by atoms with Gasteiger partial charge in [-0.15, -0.1) is 0 Å². The minimum absolute atomic E-state index is 0.0604. The van der Waals surface area contributed by atoms with Crippen LogP contribution in [0, 0.1) is 0 Å². The summed E-state index contributed by atoms with van der Waals surface area (Å²) in [5, 5.41) is 29.9. The number of hydrogen-bond acceptors (Lipinski definition) is 5. The van der Waals surface area contributed by atoms with Crippen LogP contribution in [-0.2, 0) is 9.59 Å². The van der Waals surface area contributed by atoms with Crippen molar-refractivity contribution in [2.24, 2.45) is 0 Å². The van der Waals surface area contributed by atoms with Gasteiger partial charge in [-0.25, -0.2) is 0 Å². The van der Waals surface area contributed by atoms with Crippen molar-refractivity contribution in [1.29, 1.82) is 0 Å². The normalized spacial score (nSPS) is 12.3. The molecule has 0 aromatic heterocycles. The average Bonchev–Trinajstić information content (AvgIpc) is 2.55. The van der Waals surface area contributed by atoms with Gasteiger partial charge in [0.15, 0.2) is 0 Å². The Labute approximate surface area is 145 Å². The number of carboxylic acid groups (broad SMARTS) is 1. The molecule has 0 aliphatic heterocycles. The second-order valence-corrected chi connectivity index (χ2v) is 6.10. The van der Waals surface area contributed by atoms with E-state index in [1.54, 1.807) is 0 Å². The fraction of sp³-hybridized carbons (Fsp3) is 0.882. The maximum absolute atomic E-state index is 11.7. The molecule has 0 aromatic carbocycles. The van der Waals surface area contributed by atoms with Crippen molar-refractivity contribution in [2.45, 2.75) is 70.9 Å². The van der Waals surface area contributed by atoms with Crippen molar-refractivity contribution in [1.82, 2.24) is 10.2 Å². The summed E-state index contributed by atoms with van der Waals surface area (Å²) in [6.45, 7) is 1.70. The molecule has 1 amide bonds. The average molecular weight is 346 g/mol. The summed E-state index contributed by atoms with van der Waals surface area (Å²) in [7, 11) is 0. The molecule has 0 radical (unpaired) electrons. The molecule has 24 heavy (non-hydrogen) atoms. The minimum atomic E-state index is -1.23. The Bertz CT molecular complexity index is 339. The number of carbonyl (C=O) groups excluding carboxylic acids is 1. The summed E-state index contributed by atoms with van der Waals surface area (Å²) >= 11 is 0. The Morgan fingerprint density at radius 1 is 1.04 bits per heavy atom. The molecule has 0 aliphatic rings. The Hall–Kier alpha value is -1.18. The van der Waals surface area contributed by atoms with E-state index in [2.05, 4.69) is 12.2 Å². The topological polar surface area (TPSA) is 110 Å². The number of aliphatic hydroxyl groups excluding tert-OH is 2. The van der Waals surface area contributed by atoms with E-state index in [4.69, 9.17) is 10.2 Å². The summed E-state index contributed by atoms with van der Waals surface area (Å²) in [5.74, 6) is -1.15. The van der Waals surface area contributed by atoms with E-state index in [-0.39, 0.29) is 25.5 Å². The lowest BCUT2D eigenvalue weighted by atomic mass is 10.1. The van der Waals surface area contributed by atoms with Gasteiger partial charge < -0.3 is 20.6 Å². The molecule has 0 aliphatic carbocycles. The van der Waals surface area contributed by atoms with Crippen LogP contribution in [0.5, 0.6) is 0 Å². The van der Waals surface area contributed by atoms with Crippen LogP contribution in [0.15, 0.2) is 0 Å². The van der Waals surface area contributed by atoms with E-state index >= 15 is 0 Å². The standard InChI is InChI=1S/C17H34N2O5/c1-2-3-4-5-6-7-8-9-10-15(21)18-11-12-19(13-17(23)24)16(22)14-20/h16,20,22H,2-14H2,1H3,(H,18,21)(H,23,24). The summed E-state index contributed by atoms with van der Waals surface area (Å²) < 4.78 is 0. The van der Waals surface area contributed by atoms with E-state index in [0.29, 0.717) is 6.42 Å². The van der Waals surface area contributed by atoms with Crippen LogP contribution in [0.25, 0.3) is 0 Å². The molecular weight excluding hydrogens is 312 g/mol. The lowest BCUT2D eigenvalue weighted by Gasteiger charge is -2.24. The molecule has 4 N–H and O–H groups in total. The minimum Gasteiger partial charge on any atom is -0.480 e. The molecule has 0 bridgehead atoms. The fourth-order valence-electron chi connectivity index (χ4n) is 2.47. The number of amides is 1. The highest BCUT2D eigenvalue weighted by Crippen LogP contribution is 2.09. The van der Waals surface area contributed by atoms with Crippen molar-refractivity contribution in [2.75, 3.05) is 26.2 Å². The molecule has 1 unspecified atom stereocenters. The van der Waals surface area contributed by atoms with Gasteiger partial charge in [-0.05, 0) is 6.42 Å². The van der Waals surface area contributed by atoms with Crippen LogP contribution in [-0.4, -0.2) is 64.6 Å². The van der Waals surface area contributed by atoms with Gasteiger partial charge in [0.2, 0.25) is 5.91 Å². The van der Waals surface area contributed by atoms with E-state index in [9.17, 15) is 14.7 Å². The van der Waals surface area contributed by atoms with Gasteiger partial charge in [0, 0.05) is 19.5 Å². The Morgan fingerprint density at radius 2 is 1.62 bits per heavy atom. The van der Waals surface area contributed by atoms with Crippen molar-refractivity contribution in [3.8, 4) is 0 Å². The summed E-state index contributed by atoms with van der Waals surface area (Å²) in [6, 6.07) is 0. The first kappa shape index (κ1) is 22.8. The van der Waals surface area contributed by atoms with Crippen molar-refractivity contribution in [3.05, 3.63) is 0 Å². The van der Waals surface area contributed by atoms with Gasteiger partial charge in [0.25, 0.3) is 0 Å². The van der Waals surface area contributed by atoms with Crippen LogP contribution in [0.3, 0.4) is 0 Å². The number of hydrogen-bond donors (Lipinski definition) is 4. The second kappa shape index (κ2) is 15.4. The summed E-state index contributed by atoms with van der Waals surface area (Å²) in [6.07, 6.45) is 8.64. The van der Waals surface area contributed by atoms with Crippen LogP contribution in [0.1, 0.15) is 64.7 Å². The third kappa shape index (κ3) is 13.3. The van der Waals surface area contributed by atoms with Crippen LogP contribution in [0.2, 0.25) is 0 Å².